The first-order valence-electron chi connectivity index (χ1n) is 11.5. The van der Waals surface area contributed by atoms with Crippen molar-refractivity contribution in [2.24, 2.45) is 0 Å². The van der Waals surface area contributed by atoms with Crippen molar-refractivity contribution in [2.45, 2.75) is 38.3 Å². The normalized spacial score (nSPS) is 18.5. The number of fused-ring (bicyclic) bond motifs is 4. The summed E-state index contributed by atoms with van der Waals surface area (Å²) in [4.78, 5) is 32.5. The third kappa shape index (κ3) is 3.46. The van der Waals surface area contributed by atoms with Gasteiger partial charge in [0.25, 0.3) is 5.56 Å². The second-order valence-electron chi connectivity index (χ2n) is 9.20. The van der Waals surface area contributed by atoms with Gasteiger partial charge in [0.1, 0.15) is 4.83 Å². The van der Waals surface area contributed by atoms with Crippen LogP contribution >= 0.6 is 11.3 Å². The zero-order valence-electron chi connectivity index (χ0n) is 18.4. The fourth-order valence-electron chi connectivity index (χ4n) is 5.35. The minimum absolute atomic E-state index is 0.138. The van der Waals surface area contributed by atoms with Crippen LogP contribution in [0.5, 0.6) is 0 Å². The van der Waals surface area contributed by atoms with Crippen LogP contribution in [0.1, 0.15) is 34.8 Å². The Bertz CT molecular complexity index is 1330. The fourth-order valence-corrected chi connectivity index (χ4v) is 6.61. The van der Waals surface area contributed by atoms with E-state index in [1.165, 1.54) is 21.4 Å². The number of H-pyrrole nitrogens is 1. The molecule has 4 aromatic rings. The second kappa shape index (κ2) is 8.10. The van der Waals surface area contributed by atoms with E-state index in [2.05, 4.69) is 44.1 Å². The van der Waals surface area contributed by atoms with Gasteiger partial charge in [-0.05, 0) is 62.5 Å². The summed E-state index contributed by atoms with van der Waals surface area (Å²) < 4.78 is 1.83. The average Bonchev–Trinajstić information content (AvgIpc) is 3.40. The number of rotatable bonds is 4. The number of likely N-dealkylation sites (N-methyl/N-ethyl adjacent to an activating group) is 1. The molecule has 6 heterocycles. The van der Waals surface area contributed by atoms with Crippen molar-refractivity contribution >= 4 is 32.5 Å². The van der Waals surface area contributed by atoms with Crippen LogP contribution in [0.4, 0.5) is 0 Å². The van der Waals surface area contributed by atoms with Crippen LogP contribution < -0.4 is 5.56 Å². The Morgan fingerprint density at radius 3 is 2.97 bits per heavy atom. The molecule has 1 N–H and O–H groups in total. The maximum absolute atomic E-state index is 13.2. The van der Waals surface area contributed by atoms with E-state index < -0.39 is 0 Å². The summed E-state index contributed by atoms with van der Waals surface area (Å²) in [5.74, 6) is 0.582. The van der Waals surface area contributed by atoms with E-state index in [0.29, 0.717) is 12.5 Å². The molecule has 1 fully saturated rings. The van der Waals surface area contributed by atoms with Gasteiger partial charge in [0.15, 0.2) is 0 Å². The first kappa shape index (κ1) is 20.1. The highest BCUT2D eigenvalue weighted by molar-refractivity contribution is 7.18. The molecular weight excluding hydrogens is 420 g/mol. The molecule has 166 valence electrons. The average molecular weight is 449 g/mol. The summed E-state index contributed by atoms with van der Waals surface area (Å²) in [6.45, 7) is 5.66. The van der Waals surface area contributed by atoms with Gasteiger partial charge in [0.2, 0.25) is 0 Å². The Labute approximate surface area is 190 Å². The Morgan fingerprint density at radius 2 is 2.09 bits per heavy atom. The quantitative estimate of drug-likeness (QED) is 0.519. The molecule has 0 aromatic carbocycles. The standard InChI is InChI=1S/C24H28N6OS/c1-28-7-5-18-21(14-28)32-23-22(18)24(31)30(15-27-23)11-10-29-8-3-16(4-9-29)19-12-26-20-13-25-6-2-17(19)20/h2,6,12-13,15-16,26H,3-5,7-11,14H2,1H3. The first-order chi connectivity index (χ1) is 15.7. The molecular formula is C24H28N6OS. The molecule has 0 aliphatic carbocycles. The van der Waals surface area contributed by atoms with Crippen molar-refractivity contribution in [3.63, 3.8) is 0 Å². The van der Waals surface area contributed by atoms with Crippen molar-refractivity contribution in [1.29, 1.82) is 0 Å². The number of hydrogen-bond acceptors (Lipinski definition) is 6. The second-order valence-corrected chi connectivity index (χ2v) is 10.3. The first-order valence-corrected chi connectivity index (χ1v) is 12.3. The van der Waals surface area contributed by atoms with Crippen molar-refractivity contribution in [2.75, 3.05) is 33.2 Å². The molecule has 8 heteroatoms. The molecule has 7 nitrogen and oxygen atoms in total. The molecule has 0 atom stereocenters. The molecule has 6 rings (SSSR count). The van der Waals surface area contributed by atoms with E-state index in [4.69, 9.17) is 0 Å². The van der Waals surface area contributed by atoms with Gasteiger partial charge in [-0.15, -0.1) is 11.3 Å². The van der Waals surface area contributed by atoms with Gasteiger partial charge in [-0.1, -0.05) is 0 Å². The summed E-state index contributed by atoms with van der Waals surface area (Å²) >= 11 is 1.69. The van der Waals surface area contributed by atoms with Crippen LogP contribution in [0, 0.1) is 0 Å². The van der Waals surface area contributed by atoms with E-state index in [9.17, 15) is 4.79 Å². The Hall–Kier alpha value is -2.55. The van der Waals surface area contributed by atoms with E-state index in [1.54, 1.807) is 17.7 Å². The summed E-state index contributed by atoms with van der Waals surface area (Å²) in [7, 11) is 2.14. The number of nitrogens with zero attached hydrogens (tertiary/aromatic N) is 5. The van der Waals surface area contributed by atoms with Crippen LogP contribution in [0.2, 0.25) is 0 Å². The van der Waals surface area contributed by atoms with E-state index in [1.807, 2.05) is 17.0 Å². The van der Waals surface area contributed by atoms with Gasteiger partial charge in [-0.25, -0.2) is 4.98 Å². The summed E-state index contributed by atoms with van der Waals surface area (Å²) in [6, 6.07) is 2.12. The van der Waals surface area contributed by atoms with Crippen LogP contribution in [0.25, 0.3) is 21.1 Å². The summed E-state index contributed by atoms with van der Waals surface area (Å²) in [6.07, 6.45) is 10.9. The monoisotopic (exact) mass is 448 g/mol. The van der Waals surface area contributed by atoms with E-state index >= 15 is 0 Å². The van der Waals surface area contributed by atoms with Crippen molar-refractivity contribution < 1.29 is 0 Å². The van der Waals surface area contributed by atoms with Crippen molar-refractivity contribution in [1.82, 2.24) is 29.3 Å². The molecule has 0 amide bonds. The van der Waals surface area contributed by atoms with Crippen molar-refractivity contribution in [3.8, 4) is 0 Å². The maximum Gasteiger partial charge on any atom is 0.262 e. The van der Waals surface area contributed by atoms with Crippen LogP contribution in [-0.4, -0.2) is 62.5 Å². The van der Waals surface area contributed by atoms with Gasteiger partial charge in [-0.3, -0.25) is 14.3 Å². The van der Waals surface area contributed by atoms with Crippen LogP contribution in [0.15, 0.2) is 35.8 Å². The lowest BCUT2D eigenvalue weighted by Crippen LogP contribution is -2.36. The number of likely N-dealkylation sites (tertiary alicyclic amines) is 1. The zero-order valence-corrected chi connectivity index (χ0v) is 19.2. The minimum Gasteiger partial charge on any atom is -0.360 e. The molecule has 0 saturated carbocycles. The number of aromatic nitrogens is 4. The van der Waals surface area contributed by atoms with Crippen LogP contribution in [0.3, 0.4) is 0 Å². The van der Waals surface area contributed by atoms with Gasteiger partial charge >= 0.3 is 0 Å². The third-order valence-electron chi connectivity index (χ3n) is 7.22. The molecule has 4 aromatic heterocycles. The molecule has 32 heavy (non-hydrogen) atoms. The topological polar surface area (TPSA) is 70.1 Å². The lowest BCUT2D eigenvalue weighted by atomic mass is 9.89. The minimum atomic E-state index is 0.138. The lowest BCUT2D eigenvalue weighted by molar-refractivity contribution is 0.205. The number of pyridine rings is 1. The molecule has 2 aliphatic rings. The molecule has 0 unspecified atom stereocenters. The number of hydrogen-bond donors (Lipinski definition) is 1. The van der Waals surface area contributed by atoms with Gasteiger partial charge in [-0.2, -0.15) is 0 Å². The fraction of sp³-hybridized carbons (Fsp3) is 0.458. The van der Waals surface area contributed by atoms with Gasteiger partial charge in [0, 0.05) is 48.8 Å². The molecule has 0 spiro atoms. The van der Waals surface area contributed by atoms with Gasteiger partial charge in [0.05, 0.1) is 23.4 Å². The Morgan fingerprint density at radius 1 is 1.22 bits per heavy atom. The maximum atomic E-state index is 13.2. The van der Waals surface area contributed by atoms with Crippen molar-refractivity contribution in [3.05, 3.63) is 57.3 Å². The highest BCUT2D eigenvalue weighted by Gasteiger charge is 2.24. The predicted octanol–water partition coefficient (Wildman–Crippen LogP) is 3.20. The van der Waals surface area contributed by atoms with Gasteiger partial charge < -0.3 is 14.8 Å². The zero-order chi connectivity index (χ0) is 21.7. The lowest BCUT2D eigenvalue weighted by Gasteiger charge is -2.32. The number of nitrogens with one attached hydrogen (secondary N) is 1. The summed E-state index contributed by atoms with van der Waals surface area (Å²) in [5, 5.41) is 2.17. The van der Waals surface area contributed by atoms with Crippen LogP contribution in [-0.2, 0) is 19.5 Å². The molecule has 1 saturated heterocycles. The molecule has 2 aliphatic heterocycles. The van der Waals surface area contributed by atoms with E-state index in [-0.39, 0.29) is 5.56 Å². The number of aromatic amines is 1. The SMILES string of the molecule is CN1CCc2c(sc3ncn(CCN4CCC(c5c[nH]c6cnccc56)CC4)c(=O)c23)C1. The molecule has 0 radical (unpaired) electrons. The number of piperidine rings is 1. The molecule has 0 bridgehead atoms. The highest BCUT2D eigenvalue weighted by atomic mass is 32.1. The largest absolute Gasteiger partial charge is 0.360 e. The Balaban J connectivity index is 1.13. The predicted molar refractivity (Wildman–Crippen MR) is 128 cm³/mol. The summed E-state index contributed by atoms with van der Waals surface area (Å²) in [5.41, 5.74) is 3.92. The van der Waals surface area contributed by atoms with E-state index in [0.717, 1.165) is 67.7 Å². The smallest absolute Gasteiger partial charge is 0.262 e. The number of thiophene rings is 1. The highest BCUT2D eigenvalue weighted by Crippen LogP contribution is 2.33. The Kier molecular flexibility index (Phi) is 5.08. The third-order valence-corrected chi connectivity index (χ3v) is 8.34.